The van der Waals surface area contributed by atoms with Crippen LogP contribution in [0, 0.1) is 0 Å². The number of aryl methyl sites for hydroxylation is 1. The molecular weight excluding hydrogens is 396 g/mol. The minimum absolute atomic E-state index is 0.0370. The van der Waals surface area contributed by atoms with Gasteiger partial charge in [-0.15, -0.1) is 0 Å². The molecule has 0 heterocycles. The van der Waals surface area contributed by atoms with Gasteiger partial charge in [0.05, 0.1) is 0 Å². The van der Waals surface area contributed by atoms with Gasteiger partial charge in [-0.3, -0.25) is 9.59 Å². The Morgan fingerprint density at radius 2 is 1.70 bits per heavy atom. The van der Waals surface area contributed by atoms with Crippen LogP contribution in [0.3, 0.4) is 0 Å². The summed E-state index contributed by atoms with van der Waals surface area (Å²) in [5.41, 5.74) is 1.97. The summed E-state index contributed by atoms with van der Waals surface area (Å²) in [5, 5.41) is 3.77. The molecule has 5 heteroatoms. The van der Waals surface area contributed by atoms with Crippen LogP contribution in [0.1, 0.15) is 56.6 Å². The van der Waals surface area contributed by atoms with Crippen molar-refractivity contribution in [2.75, 3.05) is 0 Å². The highest BCUT2D eigenvalue weighted by atomic mass is 35.5. The van der Waals surface area contributed by atoms with E-state index >= 15 is 0 Å². The van der Waals surface area contributed by atoms with E-state index in [9.17, 15) is 9.59 Å². The number of rotatable bonds is 8. The highest BCUT2D eigenvalue weighted by Gasteiger charge is 2.28. The maximum absolute atomic E-state index is 13.2. The molecule has 0 unspecified atom stereocenters. The van der Waals surface area contributed by atoms with Gasteiger partial charge < -0.3 is 10.2 Å². The average Bonchev–Trinajstić information content (AvgIpc) is 2.78. The Labute approximate surface area is 184 Å². The van der Waals surface area contributed by atoms with Gasteiger partial charge >= 0.3 is 0 Å². The molecule has 0 aliphatic heterocycles. The second kappa shape index (κ2) is 11.2. The summed E-state index contributed by atoms with van der Waals surface area (Å²) in [4.78, 5) is 27.8. The van der Waals surface area contributed by atoms with Crippen LogP contribution < -0.4 is 5.32 Å². The van der Waals surface area contributed by atoms with Crippen LogP contribution in [0.5, 0.6) is 0 Å². The van der Waals surface area contributed by atoms with E-state index in [1.54, 1.807) is 4.90 Å². The predicted octanol–water partition coefficient (Wildman–Crippen LogP) is 5.14. The van der Waals surface area contributed by atoms with Crippen molar-refractivity contribution in [1.82, 2.24) is 10.2 Å². The quantitative estimate of drug-likeness (QED) is 0.635. The van der Waals surface area contributed by atoms with Crippen molar-refractivity contribution in [1.29, 1.82) is 0 Å². The van der Waals surface area contributed by atoms with Crippen molar-refractivity contribution in [3.05, 3.63) is 70.7 Å². The lowest BCUT2D eigenvalue weighted by Gasteiger charge is -2.31. The van der Waals surface area contributed by atoms with Crippen LogP contribution in [-0.2, 0) is 22.6 Å². The third-order valence-corrected chi connectivity index (χ3v) is 6.26. The molecule has 3 rings (SSSR count). The Morgan fingerprint density at radius 3 is 2.40 bits per heavy atom. The normalized spacial score (nSPS) is 15.4. The van der Waals surface area contributed by atoms with Crippen LogP contribution in [0.4, 0.5) is 0 Å². The van der Waals surface area contributed by atoms with Crippen molar-refractivity contribution in [2.24, 2.45) is 0 Å². The molecule has 1 fully saturated rings. The molecule has 160 valence electrons. The van der Waals surface area contributed by atoms with Gasteiger partial charge in [-0.25, -0.2) is 0 Å². The standard InChI is InChI=1S/C25H31ClN2O2/c1-19(25(30)27-22-13-6-3-7-14-22)28(18-21-12-8-9-15-23(21)26)24(29)17-16-20-10-4-2-5-11-20/h2,4-5,8-12,15,19,22H,3,6-7,13-14,16-18H2,1H3,(H,27,30)/t19-/m1/s1. The number of amides is 2. The first kappa shape index (κ1) is 22.4. The van der Waals surface area contributed by atoms with Crippen molar-refractivity contribution in [3.8, 4) is 0 Å². The van der Waals surface area contributed by atoms with Crippen molar-refractivity contribution in [3.63, 3.8) is 0 Å². The Balaban J connectivity index is 1.71. The van der Waals surface area contributed by atoms with Crippen LogP contribution in [0.2, 0.25) is 5.02 Å². The predicted molar refractivity (Wildman–Crippen MR) is 121 cm³/mol. The number of hydrogen-bond acceptors (Lipinski definition) is 2. The Kier molecular flexibility index (Phi) is 8.32. The maximum atomic E-state index is 13.2. The van der Waals surface area contributed by atoms with Crippen LogP contribution >= 0.6 is 11.6 Å². The summed E-state index contributed by atoms with van der Waals surface area (Å²) in [5.74, 6) is -0.118. The highest BCUT2D eigenvalue weighted by Crippen LogP contribution is 2.21. The molecule has 1 saturated carbocycles. The maximum Gasteiger partial charge on any atom is 0.242 e. The molecule has 2 aromatic carbocycles. The first-order valence-corrected chi connectivity index (χ1v) is 11.3. The molecule has 2 amide bonds. The smallest absolute Gasteiger partial charge is 0.242 e. The van der Waals surface area contributed by atoms with E-state index in [1.807, 2.05) is 61.5 Å². The minimum atomic E-state index is -0.550. The molecule has 1 aliphatic rings. The largest absolute Gasteiger partial charge is 0.352 e. The second-order valence-corrected chi connectivity index (χ2v) is 8.53. The molecule has 0 bridgehead atoms. The Bertz CT molecular complexity index is 834. The monoisotopic (exact) mass is 426 g/mol. The first-order chi connectivity index (χ1) is 14.5. The fraction of sp³-hybridized carbons (Fsp3) is 0.440. The molecule has 1 N–H and O–H groups in total. The highest BCUT2D eigenvalue weighted by molar-refractivity contribution is 6.31. The lowest BCUT2D eigenvalue weighted by molar-refractivity contribution is -0.141. The van der Waals surface area contributed by atoms with E-state index < -0.39 is 6.04 Å². The third kappa shape index (κ3) is 6.33. The van der Waals surface area contributed by atoms with Crippen LogP contribution in [-0.4, -0.2) is 28.8 Å². The molecular formula is C25H31ClN2O2. The molecule has 4 nitrogen and oxygen atoms in total. The summed E-state index contributed by atoms with van der Waals surface area (Å²) in [6.45, 7) is 2.14. The van der Waals surface area contributed by atoms with Crippen molar-refractivity contribution in [2.45, 2.75) is 70.5 Å². The number of carbonyl (C=O) groups is 2. The molecule has 0 aromatic heterocycles. The Hall–Kier alpha value is -2.33. The van der Waals surface area contributed by atoms with Gasteiger partial charge in [0.15, 0.2) is 0 Å². The van der Waals surface area contributed by atoms with Gasteiger partial charge in [-0.2, -0.15) is 0 Å². The minimum Gasteiger partial charge on any atom is -0.352 e. The zero-order valence-corrected chi connectivity index (χ0v) is 18.4. The summed E-state index contributed by atoms with van der Waals surface area (Å²) in [7, 11) is 0. The molecule has 2 aromatic rings. The van der Waals surface area contributed by atoms with Gasteiger partial charge in [-0.1, -0.05) is 79.4 Å². The zero-order chi connectivity index (χ0) is 21.3. The lowest BCUT2D eigenvalue weighted by atomic mass is 9.95. The fourth-order valence-electron chi connectivity index (χ4n) is 4.00. The van der Waals surface area contributed by atoms with E-state index in [0.29, 0.717) is 24.4 Å². The number of nitrogens with zero attached hydrogens (tertiary/aromatic N) is 1. The molecule has 0 saturated heterocycles. The van der Waals surface area contributed by atoms with Gasteiger partial charge in [0.1, 0.15) is 6.04 Å². The fourth-order valence-corrected chi connectivity index (χ4v) is 4.20. The first-order valence-electron chi connectivity index (χ1n) is 10.9. The number of benzene rings is 2. The number of hydrogen-bond donors (Lipinski definition) is 1. The number of nitrogens with one attached hydrogen (secondary N) is 1. The number of carbonyl (C=O) groups excluding carboxylic acids is 2. The molecule has 0 radical (unpaired) electrons. The van der Waals surface area contributed by atoms with E-state index in [4.69, 9.17) is 11.6 Å². The lowest BCUT2D eigenvalue weighted by Crippen LogP contribution is -2.50. The van der Waals surface area contributed by atoms with Gasteiger partial charge in [-0.05, 0) is 43.4 Å². The summed E-state index contributed by atoms with van der Waals surface area (Å²) in [6.07, 6.45) is 6.58. The summed E-state index contributed by atoms with van der Waals surface area (Å²) < 4.78 is 0. The molecule has 1 aliphatic carbocycles. The van der Waals surface area contributed by atoms with E-state index in [1.165, 1.54) is 6.42 Å². The average molecular weight is 427 g/mol. The van der Waals surface area contributed by atoms with Gasteiger partial charge in [0.25, 0.3) is 0 Å². The summed E-state index contributed by atoms with van der Waals surface area (Å²) in [6, 6.07) is 17.1. The van der Waals surface area contributed by atoms with Gasteiger partial charge in [0, 0.05) is 24.0 Å². The van der Waals surface area contributed by atoms with Crippen molar-refractivity contribution >= 4 is 23.4 Å². The van der Waals surface area contributed by atoms with Gasteiger partial charge in [0.2, 0.25) is 11.8 Å². The number of halogens is 1. The third-order valence-electron chi connectivity index (χ3n) is 5.89. The SMILES string of the molecule is C[C@H](C(=O)NC1CCCCC1)N(Cc1ccccc1Cl)C(=O)CCc1ccccc1. The van der Waals surface area contributed by atoms with Crippen molar-refractivity contribution < 1.29 is 9.59 Å². The van der Waals surface area contributed by atoms with Crippen LogP contribution in [0.15, 0.2) is 54.6 Å². The second-order valence-electron chi connectivity index (χ2n) is 8.12. The summed E-state index contributed by atoms with van der Waals surface area (Å²) >= 11 is 6.35. The Morgan fingerprint density at radius 1 is 1.03 bits per heavy atom. The molecule has 1 atom stereocenters. The zero-order valence-electron chi connectivity index (χ0n) is 17.6. The van der Waals surface area contributed by atoms with E-state index in [0.717, 1.165) is 36.8 Å². The van der Waals surface area contributed by atoms with Crippen LogP contribution in [0.25, 0.3) is 0 Å². The van der Waals surface area contributed by atoms with E-state index in [-0.39, 0.29) is 17.9 Å². The molecule has 30 heavy (non-hydrogen) atoms. The molecule has 0 spiro atoms. The van der Waals surface area contributed by atoms with E-state index in [2.05, 4.69) is 5.32 Å². The topological polar surface area (TPSA) is 49.4 Å².